The third-order valence-electron chi connectivity index (χ3n) is 3.46. The molecule has 1 heteroatoms. The van der Waals surface area contributed by atoms with E-state index in [0.29, 0.717) is 11.7 Å². The summed E-state index contributed by atoms with van der Waals surface area (Å²) in [6, 6.07) is 0. The van der Waals surface area contributed by atoms with E-state index >= 15 is 0 Å². The fraction of sp³-hybridized carbons (Fsp3) is 0.700. The maximum atomic E-state index is 11.5. The number of allylic oxidation sites excluding steroid dienone is 2. The smallest absolute Gasteiger partial charge is 0.139 e. The van der Waals surface area contributed by atoms with Gasteiger partial charge in [0, 0.05) is 11.8 Å². The maximum Gasteiger partial charge on any atom is 0.139 e. The first kappa shape index (κ1) is 7.08. The molecule has 0 radical (unpaired) electrons. The topological polar surface area (TPSA) is 17.1 Å². The molecule has 11 heavy (non-hydrogen) atoms. The van der Waals surface area contributed by atoms with Crippen LogP contribution in [0.4, 0.5) is 0 Å². The van der Waals surface area contributed by atoms with Crippen molar-refractivity contribution >= 4 is 5.78 Å². The second-order valence-electron chi connectivity index (χ2n) is 4.08. The molecule has 1 fully saturated rings. The summed E-state index contributed by atoms with van der Waals surface area (Å²) in [6.07, 6.45) is 5.13. The molecule has 1 saturated carbocycles. The molecule has 0 bridgehead atoms. The van der Waals surface area contributed by atoms with Gasteiger partial charge in [0.1, 0.15) is 5.78 Å². The molecule has 0 aromatic carbocycles. The molecular formula is C10H14O. The lowest BCUT2D eigenvalue weighted by atomic mass is 9.79. The zero-order chi connectivity index (χ0) is 8.06. The minimum Gasteiger partial charge on any atom is -0.299 e. The fourth-order valence-electron chi connectivity index (χ4n) is 2.58. The zero-order valence-electron chi connectivity index (χ0n) is 7.18. The summed E-state index contributed by atoms with van der Waals surface area (Å²) in [4.78, 5) is 11.5. The van der Waals surface area contributed by atoms with Gasteiger partial charge in [0.25, 0.3) is 0 Å². The van der Waals surface area contributed by atoms with Crippen molar-refractivity contribution < 1.29 is 4.79 Å². The molecule has 0 unspecified atom stereocenters. The average molecular weight is 150 g/mol. The summed E-state index contributed by atoms with van der Waals surface area (Å²) in [6.45, 7) is 4.29. The van der Waals surface area contributed by atoms with Gasteiger partial charge < -0.3 is 0 Å². The predicted molar refractivity (Wildman–Crippen MR) is 44.2 cm³/mol. The van der Waals surface area contributed by atoms with E-state index in [1.54, 1.807) is 0 Å². The number of hydrogen-bond acceptors (Lipinski definition) is 1. The first-order chi connectivity index (χ1) is 5.14. The molecule has 0 N–H and O–H groups in total. The van der Waals surface area contributed by atoms with Gasteiger partial charge in [0.05, 0.1) is 0 Å². The van der Waals surface area contributed by atoms with Crippen molar-refractivity contribution in [1.82, 2.24) is 0 Å². The normalized spacial score (nSPS) is 42.5. The summed E-state index contributed by atoms with van der Waals surface area (Å²) in [5.74, 6) is 1.06. The van der Waals surface area contributed by atoms with Crippen LogP contribution in [-0.4, -0.2) is 5.78 Å². The number of fused-ring (bicyclic) bond motifs is 1. The van der Waals surface area contributed by atoms with Crippen LogP contribution in [0.5, 0.6) is 0 Å². The van der Waals surface area contributed by atoms with Crippen LogP contribution in [0.1, 0.15) is 33.1 Å². The van der Waals surface area contributed by atoms with Crippen LogP contribution in [0.15, 0.2) is 11.6 Å². The number of ketones is 1. The van der Waals surface area contributed by atoms with Crippen LogP contribution in [0, 0.1) is 11.3 Å². The summed E-state index contributed by atoms with van der Waals surface area (Å²) >= 11 is 0. The van der Waals surface area contributed by atoms with Crippen LogP contribution >= 0.6 is 0 Å². The summed E-state index contributed by atoms with van der Waals surface area (Å²) in [5.41, 5.74) is 1.45. The Morgan fingerprint density at radius 1 is 1.64 bits per heavy atom. The number of rotatable bonds is 0. The zero-order valence-corrected chi connectivity index (χ0v) is 7.18. The highest BCUT2D eigenvalue weighted by Crippen LogP contribution is 2.51. The van der Waals surface area contributed by atoms with Crippen LogP contribution in [0.3, 0.4) is 0 Å². The summed E-state index contributed by atoms with van der Waals surface area (Å²) < 4.78 is 0. The second kappa shape index (κ2) is 1.96. The minimum atomic E-state index is 0.00405. The largest absolute Gasteiger partial charge is 0.299 e. The van der Waals surface area contributed by atoms with E-state index in [1.807, 2.05) is 0 Å². The van der Waals surface area contributed by atoms with Gasteiger partial charge in [-0.2, -0.15) is 0 Å². The van der Waals surface area contributed by atoms with Crippen LogP contribution in [0.25, 0.3) is 0 Å². The molecule has 0 aromatic heterocycles. The highest BCUT2D eigenvalue weighted by Gasteiger charge is 2.48. The highest BCUT2D eigenvalue weighted by molar-refractivity contribution is 5.88. The second-order valence-corrected chi connectivity index (χ2v) is 4.08. The Morgan fingerprint density at radius 2 is 2.36 bits per heavy atom. The van der Waals surface area contributed by atoms with E-state index in [4.69, 9.17) is 0 Å². The first-order valence-electron chi connectivity index (χ1n) is 4.34. The van der Waals surface area contributed by atoms with Gasteiger partial charge in [0.2, 0.25) is 0 Å². The summed E-state index contributed by atoms with van der Waals surface area (Å²) in [7, 11) is 0. The molecule has 0 aliphatic heterocycles. The fourth-order valence-corrected chi connectivity index (χ4v) is 2.58. The van der Waals surface area contributed by atoms with Crippen molar-refractivity contribution in [2.45, 2.75) is 33.1 Å². The van der Waals surface area contributed by atoms with E-state index < -0.39 is 0 Å². The number of carbonyl (C=O) groups excluding carboxylic acids is 1. The Kier molecular flexibility index (Phi) is 1.26. The van der Waals surface area contributed by atoms with Crippen LogP contribution in [0.2, 0.25) is 0 Å². The van der Waals surface area contributed by atoms with Crippen LogP contribution < -0.4 is 0 Å². The molecule has 2 rings (SSSR count). The Hall–Kier alpha value is -0.590. The first-order valence-corrected chi connectivity index (χ1v) is 4.34. The monoisotopic (exact) mass is 150 g/mol. The van der Waals surface area contributed by atoms with Crippen molar-refractivity contribution in [3.63, 3.8) is 0 Å². The van der Waals surface area contributed by atoms with Gasteiger partial charge in [0.15, 0.2) is 0 Å². The standard InChI is InChI=1S/C10H14O/c1-7-5-6-10(2)8(7)3-4-9(10)11/h5,8H,3-4,6H2,1-2H3/t8-,10+/m1/s1. The molecule has 1 nitrogen and oxygen atoms in total. The maximum absolute atomic E-state index is 11.5. The number of hydrogen-bond donors (Lipinski definition) is 0. The Morgan fingerprint density at radius 3 is 3.00 bits per heavy atom. The van der Waals surface area contributed by atoms with E-state index in [1.165, 1.54) is 5.57 Å². The molecule has 0 aromatic rings. The lowest BCUT2D eigenvalue weighted by Crippen LogP contribution is -2.24. The lowest BCUT2D eigenvalue weighted by molar-refractivity contribution is -0.125. The van der Waals surface area contributed by atoms with Crippen LogP contribution in [-0.2, 0) is 4.79 Å². The van der Waals surface area contributed by atoms with Gasteiger partial charge in [-0.3, -0.25) is 4.79 Å². The van der Waals surface area contributed by atoms with Gasteiger partial charge in [-0.15, -0.1) is 0 Å². The predicted octanol–water partition coefficient (Wildman–Crippen LogP) is 2.32. The number of Topliss-reactive ketones (excluding diaryl/α,β-unsaturated/α-hetero) is 1. The van der Waals surface area contributed by atoms with Gasteiger partial charge >= 0.3 is 0 Å². The Labute approximate surface area is 67.5 Å². The van der Waals surface area contributed by atoms with Crippen molar-refractivity contribution in [3.8, 4) is 0 Å². The van der Waals surface area contributed by atoms with Crippen molar-refractivity contribution in [2.24, 2.45) is 11.3 Å². The molecule has 0 spiro atoms. The van der Waals surface area contributed by atoms with Gasteiger partial charge in [-0.1, -0.05) is 18.6 Å². The van der Waals surface area contributed by atoms with Crippen molar-refractivity contribution in [3.05, 3.63) is 11.6 Å². The van der Waals surface area contributed by atoms with E-state index in [-0.39, 0.29) is 5.41 Å². The third-order valence-corrected chi connectivity index (χ3v) is 3.46. The number of carbonyl (C=O) groups is 1. The average Bonchev–Trinajstić information content (AvgIpc) is 2.39. The van der Waals surface area contributed by atoms with Gasteiger partial charge in [-0.25, -0.2) is 0 Å². The molecule has 0 heterocycles. The molecular weight excluding hydrogens is 136 g/mol. The highest BCUT2D eigenvalue weighted by atomic mass is 16.1. The molecule has 0 saturated heterocycles. The molecule has 2 aliphatic carbocycles. The van der Waals surface area contributed by atoms with Gasteiger partial charge in [-0.05, 0) is 25.7 Å². The molecule has 0 amide bonds. The van der Waals surface area contributed by atoms with E-state index in [0.717, 1.165) is 19.3 Å². The quantitative estimate of drug-likeness (QED) is 0.484. The molecule has 60 valence electrons. The Balaban J connectivity index is 2.36. The van der Waals surface area contributed by atoms with E-state index in [9.17, 15) is 4.79 Å². The SMILES string of the molecule is CC1=CC[C@]2(C)C(=O)CC[C@H]12. The Bertz CT molecular complexity index is 239. The molecule has 2 aliphatic rings. The minimum absolute atomic E-state index is 0.00405. The molecule has 2 atom stereocenters. The third kappa shape index (κ3) is 0.741. The van der Waals surface area contributed by atoms with Crippen molar-refractivity contribution in [1.29, 1.82) is 0 Å². The van der Waals surface area contributed by atoms with Crippen molar-refractivity contribution in [2.75, 3.05) is 0 Å². The lowest BCUT2D eigenvalue weighted by Gasteiger charge is -2.22. The van der Waals surface area contributed by atoms with E-state index in [2.05, 4.69) is 19.9 Å². The summed E-state index contributed by atoms with van der Waals surface area (Å²) in [5, 5.41) is 0.